The third kappa shape index (κ3) is 59.2. The molecule has 0 radical (unpaired) electrons. The third-order valence-electron chi connectivity index (χ3n) is 15.1. The molecule has 2 atom stereocenters. The molecule has 0 fully saturated rings. The molecule has 0 aliphatic rings. The number of carbonyl (C=O) groups excluding carboxylic acids is 2. The Labute approximate surface area is 455 Å². The molecular formula is C67H127NO5. The SMILES string of the molecule is CCCCCCCCC/C=C\CCCCCCCCCC(=O)OCCCCCCCCCCCCCC/C=C\CCCCCCCCCCCCC(=O)NC(CO)C(O)/C=C/CCCCCCCCCCCC. The number of allylic oxidation sites excluding steroid dienone is 5. The van der Waals surface area contributed by atoms with Gasteiger partial charge in [-0.05, 0) is 83.5 Å². The first-order chi connectivity index (χ1) is 36.0. The number of esters is 1. The van der Waals surface area contributed by atoms with Crippen molar-refractivity contribution in [3.63, 3.8) is 0 Å². The lowest BCUT2D eigenvalue weighted by molar-refractivity contribution is -0.143. The number of ether oxygens (including phenoxy) is 1. The van der Waals surface area contributed by atoms with Crippen LogP contribution in [-0.4, -0.2) is 47.4 Å². The molecule has 0 spiro atoms. The van der Waals surface area contributed by atoms with Crippen LogP contribution < -0.4 is 5.32 Å². The van der Waals surface area contributed by atoms with E-state index in [1.54, 1.807) is 6.08 Å². The van der Waals surface area contributed by atoms with Crippen molar-refractivity contribution in [2.24, 2.45) is 0 Å². The standard InChI is InChI=1S/C67H127NO5/c1-3-5-7-9-11-13-15-17-18-19-31-34-37-41-45-49-53-57-61-67(72)73-62-58-54-50-46-42-38-35-32-29-27-25-23-21-20-22-24-26-28-30-33-36-40-44-48-52-56-60-66(71)68-64(63-69)65(70)59-55-51-47-43-39-16-14-12-10-8-6-4-2/h18-20,22,55,59,64-65,69-70H,3-17,21,23-54,56-58,60-63H2,1-2H3,(H,68,71)/b19-18-,22-20-,59-55+. The molecule has 0 heterocycles. The summed E-state index contributed by atoms with van der Waals surface area (Å²) < 4.78 is 5.50. The van der Waals surface area contributed by atoms with E-state index in [2.05, 4.69) is 43.5 Å². The molecule has 0 rings (SSSR count). The molecule has 0 aromatic carbocycles. The van der Waals surface area contributed by atoms with E-state index in [0.29, 0.717) is 19.4 Å². The molecule has 0 aromatic heterocycles. The van der Waals surface area contributed by atoms with Crippen molar-refractivity contribution in [1.29, 1.82) is 0 Å². The predicted octanol–water partition coefficient (Wildman–Crippen LogP) is 20.8. The number of hydrogen-bond acceptors (Lipinski definition) is 5. The molecule has 0 bridgehead atoms. The molecule has 0 aliphatic carbocycles. The van der Waals surface area contributed by atoms with Gasteiger partial charge in [-0.3, -0.25) is 9.59 Å². The second kappa shape index (κ2) is 62.6. The van der Waals surface area contributed by atoms with Gasteiger partial charge in [0.05, 0.1) is 25.4 Å². The number of hydrogen-bond donors (Lipinski definition) is 3. The van der Waals surface area contributed by atoms with Crippen molar-refractivity contribution < 1.29 is 24.5 Å². The Bertz CT molecular complexity index is 1180. The molecule has 0 aliphatic heterocycles. The summed E-state index contributed by atoms with van der Waals surface area (Å²) in [4.78, 5) is 24.5. The fourth-order valence-corrected chi connectivity index (χ4v) is 10.1. The van der Waals surface area contributed by atoms with E-state index in [4.69, 9.17) is 4.74 Å². The minimum absolute atomic E-state index is 0.0111. The van der Waals surface area contributed by atoms with Gasteiger partial charge in [0, 0.05) is 12.8 Å². The van der Waals surface area contributed by atoms with E-state index < -0.39 is 12.1 Å². The molecule has 6 nitrogen and oxygen atoms in total. The van der Waals surface area contributed by atoms with Gasteiger partial charge >= 0.3 is 5.97 Å². The van der Waals surface area contributed by atoms with Gasteiger partial charge in [-0.1, -0.05) is 294 Å². The highest BCUT2D eigenvalue weighted by Gasteiger charge is 2.18. The average Bonchev–Trinajstić information content (AvgIpc) is 3.39. The lowest BCUT2D eigenvalue weighted by Crippen LogP contribution is -2.45. The fraction of sp³-hybridized carbons (Fsp3) is 0.881. The van der Waals surface area contributed by atoms with Gasteiger partial charge in [0.25, 0.3) is 0 Å². The van der Waals surface area contributed by atoms with Crippen molar-refractivity contribution in [1.82, 2.24) is 5.32 Å². The number of aliphatic hydroxyl groups excluding tert-OH is 2. The minimum Gasteiger partial charge on any atom is -0.466 e. The molecule has 1 amide bonds. The van der Waals surface area contributed by atoms with Gasteiger partial charge in [-0.25, -0.2) is 0 Å². The summed E-state index contributed by atoms with van der Waals surface area (Å²) in [6.07, 6.45) is 79.2. The Kier molecular flexibility index (Phi) is 61.0. The predicted molar refractivity (Wildman–Crippen MR) is 319 cm³/mol. The lowest BCUT2D eigenvalue weighted by Gasteiger charge is -2.20. The zero-order valence-corrected chi connectivity index (χ0v) is 49.1. The van der Waals surface area contributed by atoms with Crippen molar-refractivity contribution in [2.45, 2.75) is 366 Å². The van der Waals surface area contributed by atoms with Gasteiger partial charge < -0.3 is 20.3 Å². The summed E-state index contributed by atoms with van der Waals surface area (Å²) in [5.41, 5.74) is 0. The van der Waals surface area contributed by atoms with Crippen LogP contribution in [0.4, 0.5) is 0 Å². The highest BCUT2D eigenvalue weighted by Crippen LogP contribution is 2.17. The topological polar surface area (TPSA) is 95.9 Å². The van der Waals surface area contributed by atoms with E-state index in [-0.39, 0.29) is 18.5 Å². The number of carbonyl (C=O) groups is 2. The number of unbranched alkanes of at least 4 members (excludes halogenated alkanes) is 46. The largest absolute Gasteiger partial charge is 0.466 e. The van der Waals surface area contributed by atoms with Crippen LogP contribution in [0.1, 0.15) is 354 Å². The van der Waals surface area contributed by atoms with Gasteiger partial charge in [0.2, 0.25) is 5.91 Å². The Morgan fingerprint density at radius 3 is 0.973 bits per heavy atom. The zero-order valence-electron chi connectivity index (χ0n) is 49.1. The fourth-order valence-electron chi connectivity index (χ4n) is 10.1. The van der Waals surface area contributed by atoms with Gasteiger partial charge in [-0.15, -0.1) is 0 Å². The molecule has 3 N–H and O–H groups in total. The van der Waals surface area contributed by atoms with Crippen molar-refractivity contribution in [3.05, 3.63) is 36.5 Å². The first-order valence-electron chi connectivity index (χ1n) is 32.8. The Balaban J connectivity index is 3.38. The smallest absolute Gasteiger partial charge is 0.305 e. The maximum atomic E-state index is 12.4. The number of amides is 1. The van der Waals surface area contributed by atoms with E-state index in [1.165, 1.54) is 283 Å². The molecule has 430 valence electrons. The summed E-state index contributed by atoms with van der Waals surface area (Å²) in [6.45, 7) is 4.91. The molecular weight excluding hydrogens is 899 g/mol. The quantitative estimate of drug-likeness (QED) is 0.0320. The van der Waals surface area contributed by atoms with E-state index in [9.17, 15) is 19.8 Å². The van der Waals surface area contributed by atoms with E-state index in [0.717, 1.165) is 44.9 Å². The van der Waals surface area contributed by atoms with Crippen LogP contribution in [0.5, 0.6) is 0 Å². The van der Waals surface area contributed by atoms with Crippen LogP contribution in [0.25, 0.3) is 0 Å². The molecule has 73 heavy (non-hydrogen) atoms. The Morgan fingerprint density at radius 1 is 0.370 bits per heavy atom. The second-order valence-corrected chi connectivity index (χ2v) is 22.4. The maximum Gasteiger partial charge on any atom is 0.305 e. The van der Waals surface area contributed by atoms with Gasteiger partial charge in [-0.2, -0.15) is 0 Å². The normalized spacial score (nSPS) is 12.8. The van der Waals surface area contributed by atoms with E-state index in [1.807, 2.05) is 6.08 Å². The van der Waals surface area contributed by atoms with Crippen molar-refractivity contribution in [2.75, 3.05) is 13.2 Å². The molecule has 0 saturated carbocycles. The average molecular weight is 1030 g/mol. The van der Waals surface area contributed by atoms with Crippen LogP contribution in [0.15, 0.2) is 36.5 Å². The monoisotopic (exact) mass is 1030 g/mol. The van der Waals surface area contributed by atoms with Crippen molar-refractivity contribution >= 4 is 11.9 Å². The highest BCUT2D eigenvalue weighted by atomic mass is 16.5. The number of aliphatic hydroxyl groups is 2. The molecule has 6 heteroatoms. The summed E-state index contributed by atoms with van der Waals surface area (Å²) >= 11 is 0. The second-order valence-electron chi connectivity index (χ2n) is 22.4. The maximum absolute atomic E-state index is 12.4. The first-order valence-corrected chi connectivity index (χ1v) is 32.8. The van der Waals surface area contributed by atoms with Gasteiger partial charge in [0.15, 0.2) is 0 Å². The molecule has 0 aromatic rings. The lowest BCUT2D eigenvalue weighted by atomic mass is 10.0. The first kappa shape index (κ1) is 71.1. The number of nitrogens with one attached hydrogen (secondary N) is 1. The summed E-state index contributed by atoms with van der Waals surface area (Å²) in [7, 11) is 0. The van der Waals surface area contributed by atoms with E-state index >= 15 is 0 Å². The summed E-state index contributed by atoms with van der Waals surface area (Å²) in [6, 6.07) is -0.628. The highest BCUT2D eigenvalue weighted by molar-refractivity contribution is 5.76. The van der Waals surface area contributed by atoms with Crippen LogP contribution in [-0.2, 0) is 14.3 Å². The van der Waals surface area contributed by atoms with Gasteiger partial charge in [0.1, 0.15) is 0 Å². The summed E-state index contributed by atoms with van der Waals surface area (Å²) in [5.74, 6) is -0.0587. The summed E-state index contributed by atoms with van der Waals surface area (Å²) in [5, 5.41) is 23.1. The van der Waals surface area contributed by atoms with Crippen LogP contribution in [0, 0.1) is 0 Å². The van der Waals surface area contributed by atoms with Crippen LogP contribution in [0.3, 0.4) is 0 Å². The van der Waals surface area contributed by atoms with Crippen LogP contribution >= 0.6 is 0 Å². The van der Waals surface area contributed by atoms with Crippen molar-refractivity contribution in [3.8, 4) is 0 Å². The third-order valence-corrected chi connectivity index (χ3v) is 15.1. The Hall–Kier alpha value is -1.92. The number of rotatable bonds is 61. The molecule has 2 unspecified atom stereocenters. The Morgan fingerprint density at radius 2 is 0.644 bits per heavy atom. The van der Waals surface area contributed by atoms with Crippen LogP contribution in [0.2, 0.25) is 0 Å². The molecule has 0 saturated heterocycles. The zero-order chi connectivity index (χ0) is 52.9. The minimum atomic E-state index is -0.845.